The molecule has 1 heterocycles. The Bertz CT molecular complexity index is 323. The molecule has 0 radical (unpaired) electrons. The summed E-state index contributed by atoms with van der Waals surface area (Å²) in [5.41, 5.74) is 0. The highest BCUT2D eigenvalue weighted by Crippen LogP contribution is 2.03. The van der Waals surface area contributed by atoms with Crippen molar-refractivity contribution in [3.63, 3.8) is 0 Å². The third kappa shape index (κ3) is 10.1. The van der Waals surface area contributed by atoms with Crippen LogP contribution in [0.3, 0.4) is 0 Å². The summed E-state index contributed by atoms with van der Waals surface area (Å²) in [7, 11) is 1.69. The quantitative estimate of drug-likeness (QED) is 0.309. The zero-order valence-corrected chi connectivity index (χ0v) is 15.7. The zero-order chi connectivity index (χ0) is 17.5. The van der Waals surface area contributed by atoms with Gasteiger partial charge in [-0.15, -0.1) is 0 Å². The number of nitrogens with zero attached hydrogens (tertiary/aromatic N) is 2. The van der Waals surface area contributed by atoms with Crippen molar-refractivity contribution in [3.05, 3.63) is 0 Å². The maximum Gasteiger partial charge on any atom is 0.191 e. The number of unbranched alkanes of at least 4 members (excludes halogenated alkanes) is 1. The number of morpholine rings is 1. The van der Waals surface area contributed by atoms with E-state index in [1.807, 2.05) is 0 Å². The molecule has 0 saturated carbocycles. The first-order chi connectivity index (χ1) is 11.8. The Labute approximate surface area is 147 Å². The van der Waals surface area contributed by atoms with Crippen molar-refractivity contribution in [2.75, 3.05) is 72.9 Å². The van der Waals surface area contributed by atoms with E-state index < -0.39 is 0 Å². The summed E-state index contributed by atoms with van der Waals surface area (Å²) in [4.78, 5) is 7.15. The fourth-order valence-electron chi connectivity index (χ4n) is 2.48. The average Bonchev–Trinajstić information content (AvgIpc) is 2.62. The lowest BCUT2D eigenvalue weighted by Crippen LogP contribution is -2.44. The van der Waals surface area contributed by atoms with Crippen LogP contribution < -0.4 is 10.6 Å². The van der Waals surface area contributed by atoms with Crippen molar-refractivity contribution in [1.29, 1.82) is 0 Å². The van der Waals surface area contributed by atoms with E-state index in [4.69, 9.17) is 19.2 Å². The summed E-state index contributed by atoms with van der Waals surface area (Å²) >= 11 is 0. The lowest BCUT2D eigenvalue weighted by molar-refractivity contribution is 0.0220. The van der Waals surface area contributed by atoms with E-state index in [1.165, 1.54) is 0 Å². The molecule has 2 N–H and O–H groups in total. The van der Waals surface area contributed by atoms with Crippen LogP contribution in [0.5, 0.6) is 0 Å². The first-order valence-corrected chi connectivity index (χ1v) is 9.18. The van der Waals surface area contributed by atoms with Crippen molar-refractivity contribution in [3.8, 4) is 0 Å². The summed E-state index contributed by atoms with van der Waals surface area (Å²) < 4.78 is 15.8. The molecule has 7 heteroatoms. The average molecular weight is 345 g/mol. The fraction of sp³-hybridized carbons (Fsp3) is 0.941. The third-order valence-electron chi connectivity index (χ3n) is 3.97. The van der Waals surface area contributed by atoms with Gasteiger partial charge in [0.1, 0.15) is 0 Å². The highest BCUT2D eigenvalue weighted by Gasteiger charge is 2.16. The Balaban J connectivity index is 2.17. The molecule has 1 unspecified atom stereocenters. The second-order valence-electron chi connectivity index (χ2n) is 5.96. The van der Waals surface area contributed by atoms with Crippen molar-refractivity contribution < 1.29 is 14.2 Å². The van der Waals surface area contributed by atoms with Crippen LogP contribution in [0.25, 0.3) is 0 Å². The van der Waals surface area contributed by atoms with E-state index in [2.05, 4.69) is 29.4 Å². The highest BCUT2D eigenvalue weighted by molar-refractivity contribution is 5.79. The van der Waals surface area contributed by atoms with Crippen LogP contribution in [0, 0.1) is 0 Å². The highest BCUT2D eigenvalue weighted by atomic mass is 16.5. The largest absolute Gasteiger partial charge is 0.382 e. The fourth-order valence-corrected chi connectivity index (χ4v) is 2.48. The van der Waals surface area contributed by atoms with E-state index in [0.717, 1.165) is 71.3 Å². The Morgan fingerprint density at radius 1 is 1.17 bits per heavy atom. The monoisotopic (exact) mass is 344 g/mol. The summed E-state index contributed by atoms with van der Waals surface area (Å²) in [6, 6.07) is 0.443. The van der Waals surface area contributed by atoms with E-state index in [1.54, 1.807) is 7.11 Å². The molecule has 1 aliphatic rings. The van der Waals surface area contributed by atoms with Crippen LogP contribution in [0.15, 0.2) is 4.99 Å². The van der Waals surface area contributed by atoms with Gasteiger partial charge in [-0.2, -0.15) is 0 Å². The van der Waals surface area contributed by atoms with Gasteiger partial charge in [-0.1, -0.05) is 0 Å². The Hall–Kier alpha value is -0.890. The number of ether oxygens (including phenoxy) is 3. The SMILES string of the molecule is CCNC(=NCC(C)N1CCOCC1)NCCCCOCCOC. The van der Waals surface area contributed by atoms with Crippen molar-refractivity contribution in [2.45, 2.75) is 32.7 Å². The second-order valence-corrected chi connectivity index (χ2v) is 5.96. The molecule has 24 heavy (non-hydrogen) atoms. The van der Waals surface area contributed by atoms with Gasteiger partial charge in [-0.25, -0.2) is 0 Å². The number of rotatable bonds is 12. The molecule has 0 aliphatic carbocycles. The van der Waals surface area contributed by atoms with Crippen LogP contribution in [-0.2, 0) is 14.2 Å². The van der Waals surface area contributed by atoms with Crippen molar-refractivity contribution in [2.24, 2.45) is 4.99 Å². The second kappa shape index (κ2) is 14.5. The minimum atomic E-state index is 0.443. The number of methoxy groups -OCH3 is 1. The van der Waals surface area contributed by atoms with Crippen LogP contribution in [-0.4, -0.2) is 89.8 Å². The first kappa shape index (κ1) is 21.2. The van der Waals surface area contributed by atoms with Gasteiger partial charge in [-0.3, -0.25) is 9.89 Å². The Morgan fingerprint density at radius 2 is 1.96 bits per heavy atom. The molecule has 0 aromatic carbocycles. The molecule has 0 aromatic heterocycles. The van der Waals surface area contributed by atoms with Crippen molar-refractivity contribution >= 4 is 5.96 Å². The van der Waals surface area contributed by atoms with Crippen molar-refractivity contribution in [1.82, 2.24) is 15.5 Å². The van der Waals surface area contributed by atoms with E-state index in [-0.39, 0.29) is 0 Å². The lowest BCUT2D eigenvalue weighted by Gasteiger charge is -2.31. The van der Waals surface area contributed by atoms with Crippen LogP contribution in [0.4, 0.5) is 0 Å². The Morgan fingerprint density at radius 3 is 2.67 bits per heavy atom. The van der Waals surface area contributed by atoms with Gasteiger partial charge in [0.2, 0.25) is 0 Å². The molecule has 7 nitrogen and oxygen atoms in total. The minimum Gasteiger partial charge on any atom is -0.382 e. The molecule has 1 saturated heterocycles. The smallest absolute Gasteiger partial charge is 0.191 e. The van der Waals surface area contributed by atoms with E-state index >= 15 is 0 Å². The van der Waals surface area contributed by atoms with Gasteiger partial charge in [-0.05, 0) is 26.7 Å². The normalized spacial score (nSPS) is 17.7. The molecule has 1 rings (SSSR count). The molecule has 0 spiro atoms. The van der Waals surface area contributed by atoms with E-state index in [9.17, 15) is 0 Å². The van der Waals surface area contributed by atoms with Gasteiger partial charge >= 0.3 is 0 Å². The molecule has 1 atom stereocenters. The van der Waals surface area contributed by atoms with Gasteiger partial charge in [0, 0.05) is 45.9 Å². The van der Waals surface area contributed by atoms with Crippen LogP contribution in [0.2, 0.25) is 0 Å². The van der Waals surface area contributed by atoms with Gasteiger partial charge < -0.3 is 24.8 Å². The number of nitrogens with one attached hydrogen (secondary N) is 2. The Kier molecular flexibility index (Phi) is 12.7. The number of aliphatic imine (C=N–C) groups is 1. The molecule has 0 amide bonds. The van der Waals surface area contributed by atoms with Crippen LogP contribution in [0.1, 0.15) is 26.7 Å². The molecule has 1 aliphatic heterocycles. The molecular weight excluding hydrogens is 308 g/mol. The maximum absolute atomic E-state index is 5.46. The van der Waals surface area contributed by atoms with Crippen LogP contribution >= 0.6 is 0 Å². The summed E-state index contributed by atoms with van der Waals surface area (Å²) in [5.74, 6) is 0.901. The topological polar surface area (TPSA) is 67.4 Å². The predicted molar refractivity (Wildman–Crippen MR) is 97.8 cm³/mol. The molecule has 1 fully saturated rings. The van der Waals surface area contributed by atoms with Gasteiger partial charge in [0.25, 0.3) is 0 Å². The van der Waals surface area contributed by atoms with Gasteiger partial charge in [0.05, 0.1) is 33.0 Å². The van der Waals surface area contributed by atoms with Gasteiger partial charge in [0.15, 0.2) is 5.96 Å². The predicted octanol–water partition coefficient (Wildman–Crippen LogP) is 0.705. The molecular formula is C17H36N4O3. The number of hydrogen-bond donors (Lipinski definition) is 2. The third-order valence-corrected chi connectivity index (χ3v) is 3.97. The number of hydrogen-bond acceptors (Lipinski definition) is 5. The minimum absolute atomic E-state index is 0.443. The maximum atomic E-state index is 5.46. The number of guanidine groups is 1. The zero-order valence-electron chi connectivity index (χ0n) is 15.7. The standard InChI is InChI=1S/C17H36N4O3/c1-4-18-17(19-7-5-6-10-23-14-13-22-3)20-15-16(2)21-8-11-24-12-9-21/h16H,4-15H2,1-3H3,(H2,18,19,20). The lowest BCUT2D eigenvalue weighted by atomic mass is 10.2. The molecule has 0 bridgehead atoms. The van der Waals surface area contributed by atoms with E-state index in [0.29, 0.717) is 19.3 Å². The molecule has 142 valence electrons. The molecule has 0 aromatic rings. The first-order valence-electron chi connectivity index (χ1n) is 9.18. The summed E-state index contributed by atoms with van der Waals surface area (Å²) in [6.45, 7) is 12.7. The summed E-state index contributed by atoms with van der Waals surface area (Å²) in [6.07, 6.45) is 2.11. The summed E-state index contributed by atoms with van der Waals surface area (Å²) in [5, 5.41) is 6.70.